The smallest absolute Gasteiger partial charge is 0.248 e. The van der Waals surface area contributed by atoms with Gasteiger partial charge in [-0.25, -0.2) is 0 Å². The van der Waals surface area contributed by atoms with E-state index in [0.717, 1.165) is 11.3 Å². The summed E-state index contributed by atoms with van der Waals surface area (Å²) in [6.45, 7) is 5.80. The van der Waals surface area contributed by atoms with Crippen LogP contribution in [0.25, 0.3) is 0 Å². The van der Waals surface area contributed by atoms with Gasteiger partial charge in [-0.2, -0.15) is 0 Å². The van der Waals surface area contributed by atoms with Crippen molar-refractivity contribution in [3.63, 3.8) is 0 Å². The molecule has 0 radical (unpaired) electrons. The number of benzene rings is 1. The van der Waals surface area contributed by atoms with Crippen LogP contribution in [0.4, 0.5) is 0 Å². The van der Waals surface area contributed by atoms with E-state index in [1.807, 2.05) is 31.2 Å². The molecule has 1 fully saturated rings. The van der Waals surface area contributed by atoms with Gasteiger partial charge in [-0.3, -0.25) is 9.59 Å². The van der Waals surface area contributed by atoms with Crippen LogP contribution in [0.15, 0.2) is 24.3 Å². The van der Waals surface area contributed by atoms with Crippen molar-refractivity contribution < 1.29 is 14.3 Å². The summed E-state index contributed by atoms with van der Waals surface area (Å²) in [4.78, 5) is 26.3. The quantitative estimate of drug-likeness (QED) is 0.922. The molecule has 1 aliphatic rings. The van der Waals surface area contributed by atoms with Crippen molar-refractivity contribution >= 4 is 11.8 Å². The lowest BCUT2D eigenvalue weighted by molar-refractivity contribution is -0.139. The van der Waals surface area contributed by atoms with Gasteiger partial charge in [-0.1, -0.05) is 18.2 Å². The van der Waals surface area contributed by atoms with E-state index in [-0.39, 0.29) is 17.9 Å². The summed E-state index contributed by atoms with van der Waals surface area (Å²) in [5.41, 5.74) is 0.0504. The molecule has 1 aliphatic heterocycles. The molecule has 2 amide bonds. The molecule has 21 heavy (non-hydrogen) atoms. The Hall–Kier alpha value is -2.04. The van der Waals surface area contributed by atoms with Crippen molar-refractivity contribution in [3.8, 4) is 5.75 Å². The van der Waals surface area contributed by atoms with Crippen molar-refractivity contribution in [2.75, 3.05) is 7.11 Å². The van der Waals surface area contributed by atoms with Crippen LogP contribution in [0.5, 0.6) is 5.75 Å². The zero-order valence-corrected chi connectivity index (χ0v) is 13.0. The van der Waals surface area contributed by atoms with E-state index in [1.165, 1.54) is 0 Å². The molecule has 1 unspecified atom stereocenters. The van der Waals surface area contributed by atoms with Gasteiger partial charge in [0.2, 0.25) is 11.8 Å². The second kappa shape index (κ2) is 5.76. The molecule has 114 valence electrons. The third-order valence-corrected chi connectivity index (χ3v) is 3.79. The first-order valence-electron chi connectivity index (χ1n) is 7.09. The van der Waals surface area contributed by atoms with Crippen molar-refractivity contribution in [2.24, 2.45) is 0 Å². The van der Waals surface area contributed by atoms with Gasteiger partial charge in [0.1, 0.15) is 11.3 Å². The monoisotopic (exact) mass is 290 g/mol. The van der Waals surface area contributed by atoms with Gasteiger partial charge in [0.15, 0.2) is 0 Å². The van der Waals surface area contributed by atoms with Crippen LogP contribution in [-0.4, -0.2) is 35.4 Å². The first-order chi connectivity index (χ1) is 9.85. The van der Waals surface area contributed by atoms with Gasteiger partial charge in [0, 0.05) is 24.6 Å². The number of hydrogen-bond acceptors (Lipinski definition) is 3. The van der Waals surface area contributed by atoms with Crippen LogP contribution >= 0.6 is 0 Å². The highest BCUT2D eigenvalue weighted by Crippen LogP contribution is 2.24. The number of hydrogen-bond donors (Lipinski definition) is 1. The fourth-order valence-corrected chi connectivity index (χ4v) is 2.64. The Bertz CT molecular complexity index is 554. The first-order valence-corrected chi connectivity index (χ1v) is 7.09. The normalized spacial score (nSPS) is 21.7. The molecule has 0 bridgehead atoms. The average Bonchev–Trinajstić information content (AvgIpc) is 2.49. The standard InChI is InChI=1S/C16H22N2O3/c1-11-9-14(19)17-16(2,3)15(20)18(11)10-12-7-5-6-8-13(12)21-4/h5-8,11H,9-10H2,1-4H3,(H,17,19). The molecule has 0 aromatic heterocycles. The van der Waals surface area contributed by atoms with E-state index in [0.29, 0.717) is 13.0 Å². The highest BCUT2D eigenvalue weighted by molar-refractivity contribution is 5.93. The summed E-state index contributed by atoms with van der Waals surface area (Å²) in [7, 11) is 1.61. The fourth-order valence-electron chi connectivity index (χ4n) is 2.64. The Morgan fingerprint density at radius 3 is 2.67 bits per heavy atom. The van der Waals surface area contributed by atoms with Crippen molar-refractivity contribution in [2.45, 2.75) is 45.3 Å². The van der Waals surface area contributed by atoms with E-state index < -0.39 is 5.54 Å². The van der Waals surface area contributed by atoms with Gasteiger partial charge >= 0.3 is 0 Å². The highest BCUT2D eigenvalue weighted by Gasteiger charge is 2.39. The molecular formula is C16H22N2O3. The first kappa shape index (κ1) is 15.4. The Morgan fingerprint density at radius 1 is 1.33 bits per heavy atom. The van der Waals surface area contributed by atoms with Crippen LogP contribution < -0.4 is 10.1 Å². The van der Waals surface area contributed by atoms with E-state index >= 15 is 0 Å². The Balaban J connectivity index is 2.31. The molecule has 0 spiro atoms. The number of rotatable bonds is 3. The lowest BCUT2D eigenvalue weighted by Crippen LogP contribution is -2.53. The Labute approximate surface area is 125 Å². The summed E-state index contributed by atoms with van der Waals surface area (Å²) in [6.07, 6.45) is 0.310. The van der Waals surface area contributed by atoms with E-state index in [1.54, 1.807) is 25.9 Å². The Kier molecular flexibility index (Phi) is 4.21. The average molecular weight is 290 g/mol. The fraction of sp³-hybridized carbons (Fsp3) is 0.500. The molecule has 0 saturated carbocycles. The van der Waals surface area contributed by atoms with Crippen molar-refractivity contribution in [1.29, 1.82) is 0 Å². The molecule has 5 nitrogen and oxygen atoms in total. The molecule has 5 heteroatoms. The highest BCUT2D eigenvalue weighted by atomic mass is 16.5. The van der Waals surface area contributed by atoms with E-state index in [9.17, 15) is 9.59 Å². The van der Waals surface area contributed by atoms with Crippen LogP contribution in [0, 0.1) is 0 Å². The van der Waals surface area contributed by atoms with E-state index in [2.05, 4.69) is 5.32 Å². The third kappa shape index (κ3) is 3.17. The molecule has 2 rings (SSSR count). The minimum atomic E-state index is -0.885. The maximum Gasteiger partial charge on any atom is 0.248 e. The molecule has 1 N–H and O–H groups in total. The second-order valence-corrected chi connectivity index (χ2v) is 5.97. The summed E-state index contributed by atoms with van der Waals surface area (Å²) in [6, 6.07) is 7.47. The molecule has 1 heterocycles. The predicted octanol–water partition coefficient (Wildman–Crippen LogP) is 1.71. The zero-order chi connectivity index (χ0) is 15.6. The molecule has 1 aromatic carbocycles. The number of para-hydroxylation sites is 1. The second-order valence-electron chi connectivity index (χ2n) is 5.97. The predicted molar refractivity (Wildman–Crippen MR) is 79.8 cm³/mol. The molecular weight excluding hydrogens is 268 g/mol. The molecule has 1 atom stereocenters. The number of methoxy groups -OCH3 is 1. The number of carbonyl (C=O) groups excluding carboxylic acids is 2. The molecule has 1 saturated heterocycles. The maximum absolute atomic E-state index is 12.7. The van der Waals surface area contributed by atoms with Gasteiger partial charge < -0.3 is 15.0 Å². The van der Waals surface area contributed by atoms with Crippen LogP contribution in [0.1, 0.15) is 32.8 Å². The van der Waals surface area contributed by atoms with E-state index in [4.69, 9.17) is 4.74 Å². The molecule has 0 aliphatic carbocycles. The number of nitrogens with zero attached hydrogens (tertiary/aromatic N) is 1. The van der Waals surface area contributed by atoms with Gasteiger partial charge in [-0.15, -0.1) is 0 Å². The number of ether oxygens (including phenoxy) is 1. The van der Waals surface area contributed by atoms with Crippen molar-refractivity contribution in [3.05, 3.63) is 29.8 Å². The Morgan fingerprint density at radius 2 is 2.00 bits per heavy atom. The number of amides is 2. The topological polar surface area (TPSA) is 58.6 Å². The molecule has 1 aromatic rings. The lowest BCUT2D eigenvalue weighted by Gasteiger charge is -2.32. The minimum Gasteiger partial charge on any atom is -0.496 e. The summed E-state index contributed by atoms with van der Waals surface area (Å²) < 4.78 is 5.34. The summed E-state index contributed by atoms with van der Waals surface area (Å²) in [5, 5.41) is 2.78. The zero-order valence-electron chi connectivity index (χ0n) is 13.0. The van der Waals surface area contributed by atoms with Gasteiger partial charge in [0.05, 0.1) is 7.11 Å². The van der Waals surface area contributed by atoms with Crippen molar-refractivity contribution in [1.82, 2.24) is 10.2 Å². The van der Waals surface area contributed by atoms with Gasteiger partial charge in [0.25, 0.3) is 0 Å². The number of nitrogens with one attached hydrogen (secondary N) is 1. The SMILES string of the molecule is COc1ccccc1CN1C(=O)C(C)(C)NC(=O)CC1C. The summed E-state index contributed by atoms with van der Waals surface area (Å²) in [5.74, 6) is 0.578. The number of carbonyl (C=O) groups is 2. The maximum atomic E-state index is 12.7. The van der Waals surface area contributed by atoms with Crippen LogP contribution in [0.2, 0.25) is 0 Å². The lowest BCUT2D eigenvalue weighted by atomic mass is 10.0. The summed E-state index contributed by atoms with van der Waals surface area (Å²) >= 11 is 0. The van der Waals surface area contributed by atoms with Crippen LogP contribution in [-0.2, 0) is 16.1 Å². The minimum absolute atomic E-state index is 0.0771. The van der Waals surface area contributed by atoms with Crippen LogP contribution in [0.3, 0.4) is 0 Å². The largest absolute Gasteiger partial charge is 0.496 e. The third-order valence-electron chi connectivity index (χ3n) is 3.79. The van der Waals surface area contributed by atoms with Gasteiger partial charge in [-0.05, 0) is 26.8 Å².